The molecule has 9 heteroatoms. The van der Waals surface area contributed by atoms with Crippen molar-refractivity contribution in [2.24, 2.45) is 4.99 Å². The third kappa shape index (κ3) is 4.11. The van der Waals surface area contributed by atoms with Crippen molar-refractivity contribution in [2.75, 3.05) is 26.2 Å². The van der Waals surface area contributed by atoms with Gasteiger partial charge in [0.05, 0.1) is 13.1 Å². The molecule has 4 N–H and O–H groups in total. The van der Waals surface area contributed by atoms with Crippen LogP contribution < -0.4 is 16.0 Å². The van der Waals surface area contributed by atoms with Crippen LogP contribution in [0.1, 0.15) is 16.8 Å². The van der Waals surface area contributed by atoms with E-state index in [-0.39, 0.29) is 31.3 Å². The molecule has 1 saturated heterocycles. The van der Waals surface area contributed by atoms with E-state index >= 15 is 0 Å². The predicted molar refractivity (Wildman–Crippen MR) is 93.8 cm³/mol. The fourth-order valence-corrected chi connectivity index (χ4v) is 3.09. The maximum Gasteiger partial charge on any atom is 0.326 e. The molecule has 2 aliphatic rings. The lowest BCUT2D eigenvalue weighted by Gasteiger charge is -2.21. The Labute approximate surface area is 150 Å². The smallest absolute Gasteiger partial charge is 0.326 e. The van der Waals surface area contributed by atoms with Crippen LogP contribution in [0.5, 0.6) is 0 Å². The zero-order valence-electron chi connectivity index (χ0n) is 14.1. The van der Waals surface area contributed by atoms with Gasteiger partial charge in [-0.3, -0.25) is 14.6 Å². The number of aliphatic carboxylic acids is 1. The lowest BCUT2D eigenvalue weighted by molar-refractivity contribution is -0.147. The topological polar surface area (TPSA) is 123 Å². The average Bonchev–Trinajstić information content (AvgIpc) is 3.30. The molecule has 1 aromatic carbocycles. The molecule has 9 nitrogen and oxygen atoms in total. The molecule has 0 saturated carbocycles. The van der Waals surface area contributed by atoms with E-state index in [4.69, 9.17) is 0 Å². The van der Waals surface area contributed by atoms with Gasteiger partial charge in [0.15, 0.2) is 5.96 Å². The standard InChI is InChI=1S/C17H21N5O4/c23-14(9-20-17-18-6-7-19-17)22-10-12(8-13(22)16(25)26)21-15(24)11-4-2-1-3-5-11/h1-5,12-13H,6-10H2,(H,21,24)(H,25,26)(H2,18,19,20)/t12-,13+/m1/s1. The molecular weight excluding hydrogens is 338 g/mol. The fourth-order valence-electron chi connectivity index (χ4n) is 3.09. The SMILES string of the molecule is O=C(N[C@@H]1C[C@@H](C(=O)O)N(C(=O)CNC2=NCCN2)C1)c1ccccc1. The van der Waals surface area contributed by atoms with E-state index in [1.54, 1.807) is 24.3 Å². The van der Waals surface area contributed by atoms with Gasteiger partial charge in [-0.2, -0.15) is 0 Å². The van der Waals surface area contributed by atoms with E-state index in [0.717, 1.165) is 0 Å². The Kier molecular flexibility index (Phi) is 5.35. The number of aliphatic imine (C=N–C) groups is 1. The highest BCUT2D eigenvalue weighted by molar-refractivity contribution is 5.95. The summed E-state index contributed by atoms with van der Waals surface area (Å²) in [4.78, 5) is 41.6. The number of nitrogens with one attached hydrogen (secondary N) is 3. The zero-order valence-corrected chi connectivity index (χ0v) is 14.1. The molecule has 0 bridgehead atoms. The molecule has 138 valence electrons. The molecule has 0 aromatic heterocycles. The van der Waals surface area contributed by atoms with Crippen molar-refractivity contribution in [1.82, 2.24) is 20.9 Å². The first kappa shape index (κ1) is 17.7. The van der Waals surface area contributed by atoms with E-state index in [0.29, 0.717) is 24.6 Å². The normalized spacial score (nSPS) is 21.7. The van der Waals surface area contributed by atoms with Gasteiger partial charge >= 0.3 is 5.97 Å². The number of benzene rings is 1. The number of carbonyl (C=O) groups is 3. The van der Waals surface area contributed by atoms with Gasteiger partial charge in [0.25, 0.3) is 5.91 Å². The Hall–Kier alpha value is -3.10. The number of rotatable bonds is 5. The van der Waals surface area contributed by atoms with Gasteiger partial charge < -0.3 is 26.0 Å². The molecule has 26 heavy (non-hydrogen) atoms. The number of amides is 2. The summed E-state index contributed by atoms with van der Waals surface area (Å²) in [5.41, 5.74) is 0.496. The maximum atomic E-state index is 12.4. The number of carboxylic acid groups (broad SMARTS) is 1. The van der Waals surface area contributed by atoms with E-state index in [2.05, 4.69) is 20.9 Å². The van der Waals surface area contributed by atoms with E-state index in [1.165, 1.54) is 4.90 Å². The summed E-state index contributed by atoms with van der Waals surface area (Å²) in [6.07, 6.45) is 0.179. The summed E-state index contributed by atoms with van der Waals surface area (Å²) in [5, 5.41) is 18.1. The lowest BCUT2D eigenvalue weighted by Crippen LogP contribution is -2.47. The molecular formula is C17H21N5O4. The van der Waals surface area contributed by atoms with E-state index in [9.17, 15) is 19.5 Å². The number of likely N-dealkylation sites (tertiary alicyclic amines) is 1. The Morgan fingerprint density at radius 1 is 1.27 bits per heavy atom. The Bertz CT molecular complexity index is 721. The largest absolute Gasteiger partial charge is 0.480 e. The molecule has 1 fully saturated rings. The number of hydrogen-bond acceptors (Lipinski definition) is 6. The molecule has 1 aromatic rings. The zero-order chi connectivity index (χ0) is 18.5. The Morgan fingerprint density at radius 3 is 2.69 bits per heavy atom. The number of hydrogen-bond donors (Lipinski definition) is 4. The molecule has 0 radical (unpaired) electrons. The summed E-state index contributed by atoms with van der Waals surface area (Å²) in [6, 6.07) is 7.32. The van der Waals surface area contributed by atoms with Crippen molar-refractivity contribution in [2.45, 2.75) is 18.5 Å². The van der Waals surface area contributed by atoms with Gasteiger partial charge in [-0.1, -0.05) is 18.2 Å². The number of guanidine groups is 1. The first-order valence-corrected chi connectivity index (χ1v) is 8.45. The van der Waals surface area contributed by atoms with Crippen LogP contribution in [0.4, 0.5) is 0 Å². The Balaban J connectivity index is 1.59. The van der Waals surface area contributed by atoms with E-state index in [1.807, 2.05) is 6.07 Å². The summed E-state index contributed by atoms with van der Waals surface area (Å²) in [7, 11) is 0. The summed E-state index contributed by atoms with van der Waals surface area (Å²) in [5.74, 6) is -1.16. The first-order chi connectivity index (χ1) is 12.5. The van der Waals surface area contributed by atoms with Crippen molar-refractivity contribution in [3.63, 3.8) is 0 Å². The Morgan fingerprint density at radius 2 is 2.04 bits per heavy atom. The van der Waals surface area contributed by atoms with Crippen molar-refractivity contribution in [1.29, 1.82) is 0 Å². The van der Waals surface area contributed by atoms with Crippen LogP contribution in [-0.4, -0.2) is 72.0 Å². The summed E-state index contributed by atoms with van der Waals surface area (Å²) in [6.45, 7) is 1.47. The van der Waals surface area contributed by atoms with Crippen LogP contribution in [0, 0.1) is 0 Å². The predicted octanol–water partition coefficient (Wildman–Crippen LogP) is -0.981. The molecule has 0 unspecified atom stereocenters. The van der Waals surface area contributed by atoms with Gasteiger partial charge in [0, 0.05) is 31.1 Å². The third-order valence-corrected chi connectivity index (χ3v) is 4.36. The summed E-state index contributed by atoms with van der Waals surface area (Å²) >= 11 is 0. The highest BCUT2D eigenvalue weighted by atomic mass is 16.4. The molecule has 3 rings (SSSR count). The van der Waals surface area contributed by atoms with Crippen molar-refractivity contribution >= 4 is 23.7 Å². The van der Waals surface area contributed by atoms with Crippen LogP contribution in [0.2, 0.25) is 0 Å². The molecule has 2 heterocycles. The van der Waals surface area contributed by atoms with Gasteiger partial charge in [0.2, 0.25) is 5.91 Å². The highest BCUT2D eigenvalue weighted by Crippen LogP contribution is 2.19. The van der Waals surface area contributed by atoms with Crippen LogP contribution >= 0.6 is 0 Å². The molecule has 0 aliphatic carbocycles. The van der Waals surface area contributed by atoms with Gasteiger partial charge in [0.1, 0.15) is 6.04 Å². The van der Waals surface area contributed by atoms with Crippen molar-refractivity contribution < 1.29 is 19.5 Å². The monoisotopic (exact) mass is 359 g/mol. The quantitative estimate of drug-likeness (QED) is 0.536. The molecule has 2 amide bonds. The number of carboxylic acids is 1. The second-order valence-corrected chi connectivity index (χ2v) is 6.18. The van der Waals surface area contributed by atoms with Crippen LogP contribution in [0.3, 0.4) is 0 Å². The molecule has 2 aliphatic heterocycles. The van der Waals surface area contributed by atoms with Crippen molar-refractivity contribution in [3.05, 3.63) is 35.9 Å². The molecule has 0 spiro atoms. The number of nitrogens with zero attached hydrogens (tertiary/aromatic N) is 2. The maximum absolute atomic E-state index is 12.4. The molecule has 2 atom stereocenters. The van der Waals surface area contributed by atoms with Crippen LogP contribution in [0.15, 0.2) is 35.3 Å². The fraction of sp³-hybridized carbons (Fsp3) is 0.412. The second-order valence-electron chi connectivity index (χ2n) is 6.18. The van der Waals surface area contributed by atoms with Crippen molar-refractivity contribution in [3.8, 4) is 0 Å². The van der Waals surface area contributed by atoms with Crippen LogP contribution in [-0.2, 0) is 9.59 Å². The van der Waals surface area contributed by atoms with Gasteiger partial charge in [-0.05, 0) is 12.1 Å². The minimum Gasteiger partial charge on any atom is -0.480 e. The number of carbonyl (C=O) groups excluding carboxylic acids is 2. The minimum atomic E-state index is -1.08. The highest BCUT2D eigenvalue weighted by Gasteiger charge is 2.40. The van der Waals surface area contributed by atoms with Crippen LogP contribution in [0.25, 0.3) is 0 Å². The second kappa shape index (κ2) is 7.85. The third-order valence-electron chi connectivity index (χ3n) is 4.36. The summed E-state index contributed by atoms with van der Waals surface area (Å²) < 4.78 is 0. The van der Waals surface area contributed by atoms with Gasteiger partial charge in [-0.15, -0.1) is 0 Å². The van der Waals surface area contributed by atoms with E-state index < -0.39 is 18.1 Å². The average molecular weight is 359 g/mol. The minimum absolute atomic E-state index is 0.0467. The first-order valence-electron chi connectivity index (χ1n) is 8.45. The lowest BCUT2D eigenvalue weighted by atomic mass is 10.1. The van der Waals surface area contributed by atoms with Gasteiger partial charge in [-0.25, -0.2) is 4.79 Å².